The molecule has 0 saturated carbocycles. The summed E-state index contributed by atoms with van der Waals surface area (Å²) in [6.07, 6.45) is 8.06. The van der Waals surface area contributed by atoms with E-state index in [1.165, 1.54) is 12.8 Å². The molecule has 0 bridgehead atoms. The van der Waals surface area contributed by atoms with Gasteiger partial charge in [0.25, 0.3) is 0 Å². The summed E-state index contributed by atoms with van der Waals surface area (Å²) in [5.74, 6) is 1.74. The molecule has 0 aromatic carbocycles. The number of nitrogen functional groups attached to an aromatic ring is 1. The van der Waals surface area contributed by atoms with Gasteiger partial charge in [-0.25, -0.2) is 0 Å². The third-order valence-electron chi connectivity index (χ3n) is 3.46. The van der Waals surface area contributed by atoms with Gasteiger partial charge in [-0.2, -0.15) is 0 Å². The lowest BCUT2D eigenvalue weighted by atomic mass is 9.92. The maximum Gasteiger partial charge on any atom is 0.175 e. The van der Waals surface area contributed by atoms with E-state index in [9.17, 15) is 0 Å². The Morgan fingerprint density at radius 1 is 1.37 bits per heavy atom. The molecule has 4 heteroatoms. The van der Waals surface area contributed by atoms with Gasteiger partial charge in [-0.1, -0.05) is 37.9 Å². The maximum atomic E-state index is 5.96. The molecule has 1 atom stereocenters. The van der Waals surface area contributed by atoms with Gasteiger partial charge in [0.1, 0.15) is 5.76 Å². The molecular formula is C15H21N3O. The van der Waals surface area contributed by atoms with Crippen LogP contribution in [0.25, 0.3) is 11.1 Å². The number of hydrogen-bond acceptors (Lipinski definition) is 4. The number of unbranched alkanes of at least 4 members (excludes halogenated alkanes) is 1. The van der Waals surface area contributed by atoms with Gasteiger partial charge < -0.3 is 10.3 Å². The van der Waals surface area contributed by atoms with Crippen LogP contribution in [-0.4, -0.2) is 10.1 Å². The minimum absolute atomic E-state index is 0.375. The maximum absolute atomic E-state index is 5.96. The molecule has 0 amide bonds. The van der Waals surface area contributed by atoms with Crippen molar-refractivity contribution in [2.45, 2.75) is 45.4 Å². The minimum Gasteiger partial charge on any atom is -0.380 e. The van der Waals surface area contributed by atoms with Crippen LogP contribution in [0.5, 0.6) is 0 Å². The zero-order valence-electron chi connectivity index (χ0n) is 11.6. The standard InChI is InChI=1S/C15H21N3O/c1-3-5-7-11(4-2)14-13(15(16)18-19-14)12-8-6-9-17-10-12/h6,8-11H,3-5,7H2,1-2H3,(H2,16,18). The van der Waals surface area contributed by atoms with Crippen LogP contribution in [0.2, 0.25) is 0 Å². The van der Waals surface area contributed by atoms with Gasteiger partial charge in [-0.3, -0.25) is 4.98 Å². The van der Waals surface area contributed by atoms with Crippen LogP contribution in [-0.2, 0) is 0 Å². The molecule has 0 saturated heterocycles. The monoisotopic (exact) mass is 259 g/mol. The summed E-state index contributed by atoms with van der Waals surface area (Å²) in [5.41, 5.74) is 7.85. The Bertz CT molecular complexity index is 507. The van der Waals surface area contributed by atoms with Crippen LogP contribution in [0.15, 0.2) is 29.0 Å². The van der Waals surface area contributed by atoms with E-state index in [-0.39, 0.29) is 0 Å². The Morgan fingerprint density at radius 3 is 2.84 bits per heavy atom. The van der Waals surface area contributed by atoms with Crippen molar-refractivity contribution < 1.29 is 4.52 Å². The number of hydrogen-bond donors (Lipinski definition) is 1. The van der Waals surface area contributed by atoms with Crippen LogP contribution >= 0.6 is 0 Å². The molecular weight excluding hydrogens is 238 g/mol. The van der Waals surface area contributed by atoms with Gasteiger partial charge in [-0.05, 0) is 18.9 Å². The van der Waals surface area contributed by atoms with E-state index < -0.39 is 0 Å². The zero-order valence-corrected chi connectivity index (χ0v) is 11.6. The lowest BCUT2D eigenvalue weighted by molar-refractivity contribution is 0.349. The third-order valence-corrected chi connectivity index (χ3v) is 3.46. The van der Waals surface area contributed by atoms with Crippen molar-refractivity contribution in [3.63, 3.8) is 0 Å². The topological polar surface area (TPSA) is 64.9 Å². The van der Waals surface area contributed by atoms with Crippen molar-refractivity contribution in [2.24, 2.45) is 0 Å². The summed E-state index contributed by atoms with van der Waals surface area (Å²) in [7, 11) is 0. The predicted molar refractivity (Wildman–Crippen MR) is 76.7 cm³/mol. The number of pyridine rings is 1. The van der Waals surface area contributed by atoms with Crippen LogP contribution < -0.4 is 5.73 Å². The number of nitrogens with two attached hydrogens (primary N) is 1. The predicted octanol–water partition coefficient (Wildman–Crippen LogP) is 4.00. The van der Waals surface area contributed by atoms with Gasteiger partial charge in [0.15, 0.2) is 5.82 Å². The third kappa shape index (κ3) is 2.95. The van der Waals surface area contributed by atoms with Gasteiger partial charge >= 0.3 is 0 Å². The molecule has 2 aromatic heterocycles. The second kappa shape index (κ2) is 6.36. The Balaban J connectivity index is 2.36. The van der Waals surface area contributed by atoms with Crippen LogP contribution in [0.3, 0.4) is 0 Å². The number of anilines is 1. The molecule has 0 aliphatic carbocycles. The molecule has 19 heavy (non-hydrogen) atoms. The summed E-state index contributed by atoms with van der Waals surface area (Å²) < 4.78 is 5.50. The molecule has 0 radical (unpaired) electrons. The Hall–Kier alpha value is -1.84. The van der Waals surface area contributed by atoms with E-state index in [1.807, 2.05) is 12.1 Å². The lowest BCUT2D eigenvalue weighted by Crippen LogP contribution is -1.99. The normalized spacial score (nSPS) is 12.5. The van der Waals surface area contributed by atoms with Crippen molar-refractivity contribution in [3.8, 4) is 11.1 Å². The molecule has 0 fully saturated rings. The van der Waals surface area contributed by atoms with Gasteiger partial charge in [0, 0.05) is 23.9 Å². The fourth-order valence-electron chi connectivity index (χ4n) is 2.37. The minimum atomic E-state index is 0.375. The zero-order chi connectivity index (χ0) is 13.7. The molecule has 2 N–H and O–H groups in total. The van der Waals surface area contributed by atoms with Crippen LogP contribution in [0.4, 0.5) is 5.82 Å². The van der Waals surface area contributed by atoms with Crippen molar-refractivity contribution in [1.82, 2.24) is 10.1 Å². The average Bonchev–Trinajstić information content (AvgIpc) is 2.83. The van der Waals surface area contributed by atoms with Crippen molar-refractivity contribution in [3.05, 3.63) is 30.3 Å². The molecule has 0 aliphatic rings. The highest BCUT2D eigenvalue weighted by molar-refractivity contribution is 5.75. The van der Waals surface area contributed by atoms with Crippen LogP contribution in [0.1, 0.15) is 51.2 Å². The summed E-state index contributed by atoms with van der Waals surface area (Å²) in [4.78, 5) is 4.15. The van der Waals surface area contributed by atoms with Crippen molar-refractivity contribution in [1.29, 1.82) is 0 Å². The average molecular weight is 259 g/mol. The molecule has 2 aromatic rings. The highest BCUT2D eigenvalue weighted by Crippen LogP contribution is 2.37. The van der Waals surface area contributed by atoms with Crippen LogP contribution in [0, 0.1) is 0 Å². The van der Waals surface area contributed by atoms with E-state index >= 15 is 0 Å². The van der Waals surface area contributed by atoms with E-state index in [0.29, 0.717) is 11.7 Å². The second-order valence-corrected chi connectivity index (χ2v) is 4.80. The fraction of sp³-hybridized carbons (Fsp3) is 0.467. The smallest absolute Gasteiger partial charge is 0.175 e. The summed E-state index contributed by atoms with van der Waals surface area (Å²) in [6.45, 7) is 4.37. The van der Waals surface area contributed by atoms with Gasteiger partial charge in [0.05, 0.1) is 5.56 Å². The Labute approximate surface area is 114 Å². The van der Waals surface area contributed by atoms with E-state index in [2.05, 4.69) is 24.0 Å². The first-order chi connectivity index (χ1) is 9.27. The number of aromatic nitrogens is 2. The Morgan fingerprint density at radius 2 is 2.21 bits per heavy atom. The molecule has 0 spiro atoms. The number of nitrogens with zero attached hydrogens (tertiary/aromatic N) is 2. The molecule has 102 valence electrons. The molecule has 0 aliphatic heterocycles. The molecule has 2 rings (SSSR count). The quantitative estimate of drug-likeness (QED) is 0.851. The van der Waals surface area contributed by atoms with Crippen molar-refractivity contribution in [2.75, 3.05) is 5.73 Å². The van der Waals surface area contributed by atoms with E-state index in [1.54, 1.807) is 12.4 Å². The number of rotatable bonds is 6. The summed E-state index contributed by atoms with van der Waals surface area (Å²) in [5, 5.41) is 3.94. The summed E-state index contributed by atoms with van der Waals surface area (Å²) >= 11 is 0. The van der Waals surface area contributed by atoms with Gasteiger partial charge in [-0.15, -0.1) is 0 Å². The fourth-order valence-corrected chi connectivity index (χ4v) is 2.37. The Kier molecular flexibility index (Phi) is 4.55. The second-order valence-electron chi connectivity index (χ2n) is 4.80. The van der Waals surface area contributed by atoms with E-state index in [0.717, 1.165) is 29.7 Å². The van der Waals surface area contributed by atoms with Gasteiger partial charge in [0.2, 0.25) is 0 Å². The van der Waals surface area contributed by atoms with Crippen molar-refractivity contribution >= 4 is 5.82 Å². The highest BCUT2D eigenvalue weighted by atomic mass is 16.5. The SMILES string of the molecule is CCCCC(CC)c1onc(N)c1-c1cccnc1. The first-order valence-electron chi connectivity index (χ1n) is 6.93. The van der Waals surface area contributed by atoms with E-state index in [4.69, 9.17) is 10.3 Å². The lowest BCUT2D eigenvalue weighted by Gasteiger charge is -2.12. The summed E-state index contributed by atoms with van der Waals surface area (Å²) in [6, 6.07) is 3.89. The molecule has 1 unspecified atom stereocenters. The molecule has 2 heterocycles. The highest BCUT2D eigenvalue weighted by Gasteiger charge is 2.22. The first-order valence-corrected chi connectivity index (χ1v) is 6.93. The molecule has 4 nitrogen and oxygen atoms in total. The largest absolute Gasteiger partial charge is 0.380 e. The first kappa shape index (κ1) is 13.6.